The highest BCUT2D eigenvalue weighted by molar-refractivity contribution is 6.03. The maximum absolute atomic E-state index is 12.3. The normalized spacial score (nSPS) is 16.2. The highest BCUT2D eigenvalue weighted by Gasteiger charge is 2.39. The fourth-order valence-electron chi connectivity index (χ4n) is 0.105. The Bertz CT molecular complexity index is 138. The number of carboxylic acid groups (broad SMARTS) is 1. The summed E-state index contributed by atoms with van der Waals surface area (Å²) < 4.78 is 12.3. The van der Waals surface area contributed by atoms with E-state index >= 15 is 0 Å². The van der Waals surface area contributed by atoms with Crippen molar-refractivity contribution in [1.82, 2.24) is 0 Å². The minimum atomic E-state index is -2.94. The molecule has 0 unspecified atom stereocenters. The summed E-state index contributed by atoms with van der Waals surface area (Å²) in [5, 5.41) is 7.94. The third-order valence-corrected chi connectivity index (χ3v) is 0.864. The van der Waals surface area contributed by atoms with Crippen molar-refractivity contribution in [3.05, 3.63) is 0 Å². The summed E-state index contributed by atoms with van der Waals surface area (Å²) in [6, 6.07) is 0. The number of hydrogen-bond donors (Lipinski definition) is 2. The van der Waals surface area contributed by atoms with Crippen LogP contribution in [0, 0.1) is 0 Å². The maximum atomic E-state index is 12.3. The number of alkyl halides is 1. The van der Waals surface area contributed by atoms with Crippen LogP contribution >= 0.6 is 0 Å². The van der Waals surface area contributed by atoms with E-state index < -0.39 is 17.5 Å². The number of carboxylic acids is 1. The number of carbonyl (C=O) groups is 2. The molecule has 52 valence electrons. The number of primary amides is 1. The van der Waals surface area contributed by atoms with Gasteiger partial charge in [-0.15, -0.1) is 0 Å². The average Bonchev–Trinajstić information content (AvgIpc) is 1.65. The molecule has 0 aromatic heterocycles. The quantitative estimate of drug-likeness (QED) is 0.490. The van der Waals surface area contributed by atoms with Crippen molar-refractivity contribution < 1.29 is 19.1 Å². The Hall–Kier alpha value is -1.13. The van der Waals surface area contributed by atoms with E-state index in [0.29, 0.717) is 6.92 Å². The van der Waals surface area contributed by atoms with Crippen LogP contribution in [0.5, 0.6) is 0 Å². The van der Waals surface area contributed by atoms with Crippen molar-refractivity contribution in [1.29, 1.82) is 0 Å². The molecule has 0 bridgehead atoms. The van der Waals surface area contributed by atoms with Crippen molar-refractivity contribution in [3.8, 4) is 0 Å². The zero-order valence-corrected chi connectivity index (χ0v) is 4.72. The number of hydrogen-bond acceptors (Lipinski definition) is 2. The van der Waals surface area contributed by atoms with Gasteiger partial charge in [0.25, 0.3) is 11.6 Å². The van der Waals surface area contributed by atoms with Crippen LogP contribution in [0.2, 0.25) is 0 Å². The summed E-state index contributed by atoms with van der Waals surface area (Å²) in [6.45, 7) is 0.595. The van der Waals surface area contributed by atoms with Gasteiger partial charge in [-0.3, -0.25) is 4.79 Å². The second-order valence-corrected chi connectivity index (χ2v) is 1.67. The van der Waals surface area contributed by atoms with E-state index in [1.54, 1.807) is 0 Å². The van der Waals surface area contributed by atoms with E-state index in [9.17, 15) is 14.0 Å². The van der Waals surface area contributed by atoms with Crippen molar-refractivity contribution >= 4 is 11.9 Å². The minimum absolute atomic E-state index is 0.595. The third-order valence-electron chi connectivity index (χ3n) is 0.864. The molecule has 0 aliphatic rings. The lowest BCUT2D eigenvalue weighted by Gasteiger charge is -2.07. The first-order valence-corrected chi connectivity index (χ1v) is 2.11. The molecule has 9 heavy (non-hydrogen) atoms. The van der Waals surface area contributed by atoms with Gasteiger partial charge in [0.05, 0.1) is 0 Å². The molecule has 0 saturated carbocycles. The number of amides is 1. The Labute approximate surface area is 50.5 Å². The van der Waals surface area contributed by atoms with Gasteiger partial charge in [0.1, 0.15) is 0 Å². The second-order valence-electron chi connectivity index (χ2n) is 1.67. The molecule has 0 aromatic carbocycles. The third kappa shape index (κ3) is 1.38. The van der Waals surface area contributed by atoms with E-state index in [1.165, 1.54) is 0 Å². The first kappa shape index (κ1) is 7.87. The number of halogens is 1. The van der Waals surface area contributed by atoms with Crippen LogP contribution in [0.25, 0.3) is 0 Å². The summed E-state index contributed by atoms with van der Waals surface area (Å²) >= 11 is 0. The Morgan fingerprint density at radius 1 is 1.67 bits per heavy atom. The van der Waals surface area contributed by atoms with Gasteiger partial charge in [-0.2, -0.15) is 0 Å². The minimum Gasteiger partial charge on any atom is -0.478 e. The van der Waals surface area contributed by atoms with Gasteiger partial charge in [-0.05, 0) is 6.92 Å². The number of carbonyl (C=O) groups excluding carboxylic acids is 1. The zero-order chi connectivity index (χ0) is 7.65. The number of nitrogens with two attached hydrogens (primary N) is 1. The average molecular weight is 135 g/mol. The molecule has 0 aromatic rings. The van der Waals surface area contributed by atoms with Gasteiger partial charge in [0.2, 0.25) is 0 Å². The summed E-state index contributed by atoms with van der Waals surface area (Å²) in [7, 11) is 0. The predicted molar refractivity (Wildman–Crippen MR) is 26.3 cm³/mol. The molecule has 0 heterocycles. The van der Waals surface area contributed by atoms with Gasteiger partial charge >= 0.3 is 5.97 Å². The van der Waals surface area contributed by atoms with E-state index in [1.807, 2.05) is 0 Å². The van der Waals surface area contributed by atoms with E-state index in [2.05, 4.69) is 5.73 Å². The lowest BCUT2D eigenvalue weighted by Crippen LogP contribution is -2.43. The van der Waals surface area contributed by atoms with Crippen LogP contribution in [0.4, 0.5) is 4.39 Å². The lowest BCUT2D eigenvalue weighted by atomic mass is 10.1. The summed E-state index contributed by atoms with van der Waals surface area (Å²) in [6.07, 6.45) is 0. The maximum Gasteiger partial charge on any atom is 0.351 e. The number of aliphatic carboxylic acids is 1. The summed E-state index contributed by atoms with van der Waals surface area (Å²) in [5.74, 6) is -3.36. The standard InChI is InChI=1S/C4H6FNO3/c1-4(5,2(6)7)3(8)9/h1H3,(H2,6,7)(H,8,9)/t4-/m1/s1. The molecular weight excluding hydrogens is 129 g/mol. The molecule has 0 spiro atoms. The lowest BCUT2D eigenvalue weighted by molar-refractivity contribution is -0.155. The molecule has 1 amide bonds. The van der Waals surface area contributed by atoms with Gasteiger partial charge in [0, 0.05) is 0 Å². The van der Waals surface area contributed by atoms with Crippen molar-refractivity contribution in [3.63, 3.8) is 0 Å². The Morgan fingerprint density at radius 3 is 2.00 bits per heavy atom. The molecule has 4 nitrogen and oxygen atoms in total. The molecule has 0 aliphatic carbocycles. The first-order chi connectivity index (χ1) is 3.89. The fraction of sp³-hybridized carbons (Fsp3) is 0.500. The molecule has 3 N–H and O–H groups in total. The van der Waals surface area contributed by atoms with Crippen LogP contribution in [0.1, 0.15) is 6.92 Å². The summed E-state index contributed by atoms with van der Waals surface area (Å²) in [5.41, 5.74) is 1.43. The van der Waals surface area contributed by atoms with Crippen molar-refractivity contribution in [2.45, 2.75) is 12.6 Å². The van der Waals surface area contributed by atoms with Crippen molar-refractivity contribution in [2.24, 2.45) is 5.73 Å². The topological polar surface area (TPSA) is 80.4 Å². The Kier molecular flexibility index (Phi) is 1.75. The van der Waals surface area contributed by atoms with Crippen molar-refractivity contribution in [2.75, 3.05) is 0 Å². The Balaban J connectivity index is 4.38. The summed E-state index contributed by atoms with van der Waals surface area (Å²) in [4.78, 5) is 19.7. The molecule has 0 aliphatic heterocycles. The van der Waals surface area contributed by atoms with Gasteiger partial charge < -0.3 is 10.8 Å². The molecule has 0 fully saturated rings. The van der Waals surface area contributed by atoms with E-state index in [4.69, 9.17) is 5.11 Å². The second kappa shape index (κ2) is 2.00. The zero-order valence-electron chi connectivity index (χ0n) is 4.72. The Morgan fingerprint density at radius 2 is 2.00 bits per heavy atom. The van der Waals surface area contributed by atoms with Crippen LogP contribution in [-0.4, -0.2) is 22.7 Å². The SMILES string of the molecule is C[C@@](F)(C(N)=O)C(=O)O. The van der Waals surface area contributed by atoms with E-state index in [0.717, 1.165) is 0 Å². The molecule has 0 rings (SSSR count). The van der Waals surface area contributed by atoms with Crippen LogP contribution in [0.15, 0.2) is 0 Å². The van der Waals surface area contributed by atoms with Crippen LogP contribution < -0.4 is 5.73 Å². The largest absolute Gasteiger partial charge is 0.478 e. The first-order valence-electron chi connectivity index (χ1n) is 2.11. The van der Waals surface area contributed by atoms with Crippen LogP contribution in [0.3, 0.4) is 0 Å². The molecule has 0 radical (unpaired) electrons. The smallest absolute Gasteiger partial charge is 0.351 e. The monoisotopic (exact) mass is 135 g/mol. The van der Waals surface area contributed by atoms with E-state index in [-0.39, 0.29) is 0 Å². The van der Waals surface area contributed by atoms with Gasteiger partial charge in [0.15, 0.2) is 0 Å². The fourth-order valence-corrected chi connectivity index (χ4v) is 0.105. The predicted octanol–water partition coefficient (Wildman–Crippen LogP) is -0.716. The highest BCUT2D eigenvalue weighted by atomic mass is 19.1. The molecular formula is C4H6FNO3. The van der Waals surface area contributed by atoms with Gasteiger partial charge in [-0.25, -0.2) is 9.18 Å². The van der Waals surface area contributed by atoms with Gasteiger partial charge in [-0.1, -0.05) is 0 Å². The highest BCUT2D eigenvalue weighted by Crippen LogP contribution is 2.07. The van der Waals surface area contributed by atoms with Crippen LogP contribution in [-0.2, 0) is 9.59 Å². The number of rotatable bonds is 2. The molecule has 5 heteroatoms. The molecule has 1 atom stereocenters. The molecule has 0 saturated heterocycles.